The number of benzene rings is 3. The Balaban J connectivity index is 0.000000566. The number of hydrogen-bond acceptors (Lipinski definition) is 8. The highest BCUT2D eigenvalue weighted by Crippen LogP contribution is 2.48. The number of amides is 1. The van der Waals surface area contributed by atoms with Crippen molar-refractivity contribution in [1.29, 1.82) is 0 Å². The molecule has 1 saturated heterocycles. The van der Waals surface area contributed by atoms with Crippen LogP contribution in [0.3, 0.4) is 0 Å². The fourth-order valence-corrected chi connectivity index (χ4v) is 7.58. The fourth-order valence-electron chi connectivity index (χ4n) is 4.77. The largest absolute Gasteiger partial charge is 0.335 e. The molecule has 2 aliphatic heterocycles. The van der Waals surface area contributed by atoms with Gasteiger partial charge in [0.05, 0.1) is 27.1 Å². The topological polar surface area (TPSA) is 81.2 Å². The van der Waals surface area contributed by atoms with Crippen molar-refractivity contribution in [2.45, 2.75) is 32.1 Å². The van der Waals surface area contributed by atoms with Crippen LogP contribution in [0.15, 0.2) is 106 Å². The number of anilines is 2. The van der Waals surface area contributed by atoms with E-state index in [1.807, 2.05) is 77.7 Å². The first-order chi connectivity index (χ1) is 21.1. The van der Waals surface area contributed by atoms with E-state index in [-0.39, 0.29) is 18.1 Å². The minimum absolute atomic E-state index is 0.178. The van der Waals surface area contributed by atoms with Gasteiger partial charge in [-0.1, -0.05) is 111 Å². The minimum Gasteiger partial charge on any atom is -0.335 e. The van der Waals surface area contributed by atoms with Gasteiger partial charge in [0, 0.05) is 11.4 Å². The molecule has 3 aromatic rings. The van der Waals surface area contributed by atoms with Gasteiger partial charge in [0.1, 0.15) is 0 Å². The normalized spacial score (nSPS) is 16.6. The molecule has 1 N–H and O–H groups in total. The summed E-state index contributed by atoms with van der Waals surface area (Å²) in [6, 6.07) is 25.5. The molecule has 0 saturated carbocycles. The molecule has 0 spiro atoms. The molecule has 1 fully saturated rings. The standard InChI is InChI=1S/C27H22N2O4S4.C6H15N/c30-26-24(36-27(34)29(26)21-10-5-2-6-11-21)14-15-25-28(16-7-17-37(31,32)33)22-18-20(12-13-23(22)35-25)19-8-3-1-4-9-19;1-4-7(5-2)6-3/h1-6,8-15,18H,7,16-17H2,(H,31,32,33);4-6H2,1-3H3. The first-order valence-electron chi connectivity index (χ1n) is 14.5. The first kappa shape index (κ1) is 34.0. The van der Waals surface area contributed by atoms with E-state index < -0.39 is 10.1 Å². The molecular formula is C33H37N3O4S4. The molecule has 0 unspecified atom stereocenters. The summed E-state index contributed by atoms with van der Waals surface area (Å²) in [6.07, 6.45) is 3.89. The van der Waals surface area contributed by atoms with E-state index in [1.54, 1.807) is 17.8 Å². The van der Waals surface area contributed by atoms with Crippen LogP contribution >= 0.6 is 35.7 Å². The lowest BCUT2D eigenvalue weighted by molar-refractivity contribution is -0.113. The molecule has 2 aliphatic rings. The molecule has 0 atom stereocenters. The van der Waals surface area contributed by atoms with Crippen LogP contribution in [0, 0.1) is 0 Å². The van der Waals surface area contributed by atoms with Crippen LogP contribution < -0.4 is 9.80 Å². The van der Waals surface area contributed by atoms with Crippen molar-refractivity contribution in [3.05, 3.63) is 101 Å². The Bertz CT molecular complexity index is 1620. The van der Waals surface area contributed by atoms with Gasteiger partial charge in [-0.05, 0) is 73.6 Å². The number of thioether (sulfide) groups is 2. The molecule has 0 radical (unpaired) electrons. The van der Waals surface area contributed by atoms with Gasteiger partial charge in [-0.2, -0.15) is 8.42 Å². The van der Waals surface area contributed by atoms with Crippen LogP contribution in [0.4, 0.5) is 11.4 Å². The number of hydrogen-bond donors (Lipinski definition) is 1. The second-order valence-electron chi connectivity index (χ2n) is 9.94. The summed E-state index contributed by atoms with van der Waals surface area (Å²) in [5.74, 6) is -0.506. The van der Waals surface area contributed by atoms with E-state index >= 15 is 0 Å². The van der Waals surface area contributed by atoms with Crippen LogP contribution in [0.5, 0.6) is 0 Å². The molecule has 44 heavy (non-hydrogen) atoms. The predicted octanol–water partition coefficient (Wildman–Crippen LogP) is 7.68. The average Bonchev–Trinajstić information content (AvgIpc) is 3.52. The maximum absolute atomic E-state index is 13.1. The number of thiocarbonyl (C=S) groups is 1. The smallest absolute Gasteiger partial charge is 0.270 e. The Morgan fingerprint density at radius 3 is 2.09 bits per heavy atom. The molecule has 0 bridgehead atoms. The van der Waals surface area contributed by atoms with Crippen molar-refractivity contribution >= 4 is 67.5 Å². The number of carbonyl (C=O) groups is 1. The SMILES string of the molecule is CCN(CC)CC.O=C1C(=CC=C2Sc3ccc(-c4ccccc4)cc3N2CCCS(=O)(=O)O)SC(=S)N1c1ccccc1. The molecule has 5 rings (SSSR count). The Labute approximate surface area is 274 Å². The number of nitrogens with zero attached hydrogens (tertiary/aromatic N) is 3. The van der Waals surface area contributed by atoms with Gasteiger partial charge in [0.2, 0.25) is 0 Å². The van der Waals surface area contributed by atoms with Crippen molar-refractivity contribution in [1.82, 2.24) is 4.90 Å². The van der Waals surface area contributed by atoms with Crippen LogP contribution in [0.2, 0.25) is 0 Å². The van der Waals surface area contributed by atoms with Crippen LogP contribution in [-0.2, 0) is 14.9 Å². The van der Waals surface area contributed by atoms with Gasteiger partial charge in [-0.3, -0.25) is 14.2 Å². The quantitative estimate of drug-likeness (QED) is 0.133. The molecule has 11 heteroatoms. The Morgan fingerprint density at radius 2 is 1.50 bits per heavy atom. The zero-order valence-corrected chi connectivity index (χ0v) is 28.3. The number of para-hydroxylation sites is 1. The Hall–Kier alpha value is -2.93. The molecule has 1 amide bonds. The second kappa shape index (κ2) is 15.9. The summed E-state index contributed by atoms with van der Waals surface area (Å²) < 4.78 is 32.4. The fraction of sp³-hybridized carbons (Fsp3) is 0.273. The van der Waals surface area contributed by atoms with Gasteiger partial charge in [-0.25, -0.2) is 0 Å². The lowest BCUT2D eigenvalue weighted by Gasteiger charge is -2.20. The third-order valence-electron chi connectivity index (χ3n) is 7.15. The first-order valence-corrected chi connectivity index (χ1v) is 18.2. The number of rotatable bonds is 10. The van der Waals surface area contributed by atoms with Crippen molar-refractivity contribution in [3.8, 4) is 11.1 Å². The molecule has 3 aromatic carbocycles. The zero-order chi connectivity index (χ0) is 31.7. The van der Waals surface area contributed by atoms with Gasteiger partial charge in [-0.15, -0.1) is 0 Å². The average molecular weight is 668 g/mol. The highest BCUT2D eigenvalue weighted by Gasteiger charge is 2.33. The number of carbonyl (C=O) groups excluding carboxylic acids is 1. The number of fused-ring (bicyclic) bond motifs is 1. The summed E-state index contributed by atoms with van der Waals surface area (Å²) in [6.45, 7) is 10.5. The maximum Gasteiger partial charge on any atom is 0.270 e. The molecule has 2 heterocycles. The Kier molecular flexibility index (Phi) is 12.3. The van der Waals surface area contributed by atoms with E-state index in [0.717, 1.165) is 32.4 Å². The highest BCUT2D eigenvalue weighted by atomic mass is 32.2. The van der Waals surface area contributed by atoms with Crippen molar-refractivity contribution in [2.24, 2.45) is 0 Å². The molecular weight excluding hydrogens is 631 g/mol. The molecule has 7 nitrogen and oxygen atoms in total. The van der Waals surface area contributed by atoms with Crippen molar-refractivity contribution in [2.75, 3.05) is 41.7 Å². The summed E-state index contributed by atoms with van der Waals surface area (Å²) in [7, 11) is -4.07. The summed E-state index contributed by atoms with van der Waals surface area (Å²) >= 11 is 8.27. The van der Waals surface area contributed by atoms with Gasteiger partial charge < -0.3 is 9.80 Å². The summed E-state index contributed by atoms with van der Waals surface area (Å²) in [4.78, 5) is 20.6. The van der Waals surface area contributed by atoms with Gasteiger partial charge >= 0.3 is 0 Å². The lowest BCUT2D eigenvalue weighted by atomic mass is 10.0. The maximum atomic E-state index is 13.1. The van der Waals surface area contributed by atoms with E-state index in [1.165, 1.54) is 36.3 Å². The lowest BCUT2D eigenvalue weighted by Crippen LogP contribution is -2.27. The van der Waals surface area contributed by atoms with Crippen LogP contribution in [0.1, 0.15) is 27.2 Å². The van der Waals surface area contributed by atoms with Crippen molar-refractivity contribution in [3.63, 3.8) is 0 Å². The van der Waals surface area contributed by atoms with Crippen LogP contribution in [-0.4, -0.2) is 60.0 Å². The third-order valence-corrected chi connectivity index (χ3v) is 10.4. The van der Waals surface area contributed by atoms with E-state index in [0.29, 0.717) is 15.8 Å². The molecule has 0 aromatic heterocycles. The molecule has 0 aliphatic carbocycles. The summed E-state index contributed by atoms with van der Waals surface area (Å²) in [5.41, 5.74) is 3.81. The van der Waals surface area contributed by atoms with Gasteiger partial charge in [0.25, 0.3) is 16.0 Å². The monoisotopic (exact) mass is 667 g/mol. The zero-order valence-electron chi connectivity index (χ0n) is 25.0. The van der Waals surface area contributed by atoms with Crippen LogP contribution in [0.25, 0.3) is 11.1 Å². The highest BCUT2D eigenvalue weighted by molar-refractivity contribution is 8.27. The third kappa shape index (κ3) is 8.83. The van der Waals surface area contributed by atoms with E-state index in [9.17, 15) is 17.8 Å². The summed E-state index contributed by atoms with van der Waals surface area (Å²) in [5, 5.41) is 0.862. The van der Waals surface area contributed by atoms with E-state index in [4.69, 9.17) is 12.2 Å². The minimum atomic E-state index is -4.07. The number of allylic oxidation sites excluding steroid dienone is 2. The van der Waals surface area contributed by atoms with Crippen molar-refractivity contribution < 1.29 is 17.8 Å². The Morgan fingerprint density at radius 1 is 0.864 bits per heavy atom. The van der Waals surface area contributed by atoms with Gasteiger partial charge in [0.15, 0.2) is 4.32 Å². The predicted molar refractivity (Wildman–Crippen MR) is 190 cm³/mol. The molecule has 232 valence electrons. The second-order valence-corrected chi connectivity index (χ2v) is 14.3. The van der Waals surface area contributed by atoms with E-state index in [2.05, 4.69) is 37.8 Å².